The fraction of sp³-hybridized carbons (Fsp3) is 0.238. The van der Waals surface area contributed by atoms with Crippen LogP contribution in [0.3, 0.4) is 0 Å². The second-order valence-electron chi connectivity index (χ2n) is 6.11. The summed E-state index contributed by atoms with van der Waals surface area (Å²) in [5, 5.41) is 3.21. The molecule has 0 aromatic heterocycles. The number of nitrogens with one attached hydrogen (secondary N) is 1. The number of anilines is 1. The molecule has 1 amide bonds. The fourth-order valence-electron chi connectivity index (χ4n) is 2.48. The van der Waals surface area contributed by atoms with Crippen LogP contribution in [0.5, 0.6) is 17.2 Å². The Balaban J connectivity index is 2.06. The molecule has 7 nitrogen and oxygen atoms in total. The van der Waals surface area contributed by atoms with Crippen LogP contribution >= 0.6 is 34.8 Å². The molecule has 1 atom stereocenters. The van der Waals surface area contributed by atoms with E-state index in [1.807, 2.05) is 0 Å². The molecule has 0 bridgehead atoms. The summed E-state index contributed by atoms with van der Waals surface area (Å²) in [6.45, 7) is 1.42. The Labute approximate surface area is 194 Å². The lowest BCUT2D eigenvalue weighted by atomic mass is 10.1. The van der Waals surface area contributed by atoms with E-state index in [4.69, 9.17) is 53.8 Å². The minimum atomic E-state index is -1.09. The van der Waals surface area contributed by atoms with Gasteiger partial charge in [0, 0.05) is 6.08 Å². The van der Waals surface area contributed by atoms with Gasteiger partial charge < -0.3 is 24.3 Å². The van der Waals surface area contributed by atoms with Crippen LogP contribution < -0.4 is 19.5 Å². The first-order valence-electron chi connectivity index (χ1n) is 8.84. The van der Waals surface area contributed by atoms with E-state index in [-0.39, 0.29) is 20.8 Å². The van der Waals surface area contributed by atoms with Crippen LogP contribution in [-0.2, 0) is 14.3 Å². The first kappa shape index (κ1) is 24.7. The Bertz CT molecular complexity index is 984. The van der Waals surface area contributed by atoms with E-state index in [0.29, 0.717) is 22.8 Å². The van der Waals surface area contributed by atoms with E-state index < -0.39 is 18.0 Å². The number of hydrogen-bond acceptors (Lipinski definition) is 6. The molecule has 2 aromatic rings. The summed E-state index contributed by atoms with van der Waals surface area (Å²) >= 11 is 17.8. The third-order valence-corrected chi connectivity index (χ3v) is 5.06. The van der Waals surface area contributed by atoms with Gasteiger partial charge in [-0.25, -0.2) is 4.79 Å². The molecule has 0 aliphatic heterocycles. The molecule has 0 saturated carbocycles. The fourth-order valence-corrected chi connectivity index (χ4v) is 3.08. The van der Waals surface area contributed by atoms with Crippen LogP contribution in [0.25, 0.3) is 6.08 Å². The predicted octanol–water partition coefficient (Wildman–Crippen LogP) is 5.26. The lowest BCUT2D eigenvalue weighted by Gasteiger charge is -2.14. The Kier molecular flexibility index (Phi) is 8.86. The average molecular weight is 489 g/mol. The zero-order valence-electron chi connectivity index (χ0n) is 17.1. The van der Waals surface area contributed by atoms with E-state index in [1.165, 1.54) is 52.5 Å². The number of carbonyl (C=O) groups is 2. The Morgan fingerprint density at radius 1 is 0.903 bits per heavy atom. The standard InChI is InChI=1S/C21H20Cl3NO6/c1-11(21(27)25-16-10-14(23)13(22)9-15(16)24)31-19(26)6-5-12-7-17(28-2)20(30-4)18(8-12)29-3/h5-11H,1-4H3,(H,25,27)/b6-5+. The quantitative estimate of drug-likeness (QED) is 0.310. The summed E-state index contributed by atoms with van der Waals surface area (Å²) < 4.78 is 20.9. The van der Waals surface area contributed by atoms with Crippen molar-refractivity contribution in [3.8, 4) is 17.2 Å². The van der Waals surface area contributed by atoms with E-state index in [2.05, 4.69) is 5.32 Å². The van der Waals surface area contributed by atoms with Gasteiger partial charge in [-0.05, 0) is 42.8 Å². The molecule has 0 heterocycles. The van der Waals surface area contributed by atoms with Gasteiger partial charge in [0.25, 0.3) is 5.91 Å². The Hall–Kier alpha value is -2.61. The number of hydrogen-bond donors (Lipinski definition) is 1. The SMILES string of the molecule is COc1cc(/C=C/C(=O)OC(C)C(=O)Nc2cc(Cl)c(Cl)cc2Cl)cc(OC)c1OC. The van der Waals surface area contributed by atoms with Gasteiger partial charge in [-0.15, -0.1) is 0 Å². The minimum Gasteiger partial charge on any atom is -0.493 e. The van der Waals surface area contributed by atoms with Crippen LogP contribution in [-0.4, -0.2) is 39.3 Å². The monoisotopic (exact) mass is 487 g/mol. The van der Waals surface area contributed by atoms with Crippen molar-refractivity contribution >= 4 is 58.4 Å². The summed E-state index contributed by atoms with van der Waals surface area (Å²) in [5.41, 5.74) is 0.850. The van der Waals surface area contributed by atoms with E-state index in [1.54, 1.807) is 12.1 Å². The number of halogens is 3. The van der Waals surface area contributed by atoms with Crippen molar-refractivity contribution in [2.75, 3.05) is 26.6 Å². The van der Waals surface area contributed by atoms with Gasteiger partial charge in [-0.1, -0.05) is 34.8 Å². The first-order valence-corrected chi connectivity index (χ1v) is 9.97. The maximum absolute atomic E-state index is 12.3. The molecule has 0 radical (unpaired) electrons. The highest BCUT2D eigenvalue weighted by molar-refractivity contribution is 6.44. The summed E-state index contributed by atoms with van der Waals surface area (Å²) in [6, 6.07) is 6.13. The number of amides is 1. The van der Waals surface area contributed by atoms with E-state index in [9.17, 15) is 9.59 Å². The first-order chi connectivity index (χ1) is 14.7. The summed E-state index contributed by atoms with van der Waals surface area (Å²) in [7, 11) is 4.46. The van der Waals surface area contributed by atoms with Gasteiger partial charge in [0.1, 0.15) is 0 Å². The third-order valence-electron chi connectivity index (χ3n) is 4.03. The van der Waals surface area contributed by atoms with Crippen molar-refractivity contribution in [3.63, 3.8) is 0 Å². The molecular formula is C21H20Cl3NO6. The largest absolute Gasteiger partial charge is 0.493 e. The van der Waals surface area contributed by atoms with Crippen molar-refractivity contribution < 1.29 is 28.5 Å². The second-order valence-corrected chi connectivity index (χ2v) is 7.33. The number of methoxy groups -OCH3 is 3. The van der Waals surface area contributed by atoms with Gasteiger partial charge in [-0.3, -0.25) is 4.79 Å². The summed E-state index contributed by atoms with van der Waals surface area (Å²) in [4.78, 5) is 24.5. The van der Waals surface area contributed by atoms with Crippen LogP contribution in [0, 0.1) is 0 Å². The number of ether oxygens (including phenoxy) is 4. The smallest absolute Gasteiger partial charge is 0.331 e. The zero-order chi connectivity index (χ0) is 23.1. The molecule has 0 saturated heterocycles. The highest BCUT2D eigenvalue weighted by Gasteiger charge is 2.19. The molecule has 0 fully saturated rings. The van der Waals surface area contributed by atoms with Crippen molar-refractivity contribution in [2.24, 2.45) is 0 Å². The topological polar surface area (TPSA) is 83.1 Å². The highest BCUT2D eigenvalue weighted by atomic mass is 35.5. The van der Waals surface area contributed by atoms with Gasteiger partial charge >= 0.3 is 5.97 Å². The zero-order valence-corrected chi connectivity index (χ0v) is 19.4. The molecule has 166 valence electrons. The maximum Gasteiger partial charge on any atom is 0.331 e. The van der Waals surface area contributed by atoms with Crippen LogP contribution in [0.1, 0.15) is 12.5 Å². The van der Waals surface area contributed by atoms with Gasteiger partial charge in [0.05, 0.1) is 42.1 Å². The predicted molar refractivity (Wildman–Crippen MR) is 121 cm³/mol. The highest BCUT2D eigenvalue weighted by Crippen LogP contribution is 2.38. The Morgan fingerprint density at radius 3 is 2.03 bits per heavy atom. The van der Waals surface area contributed by atoms with Crippen molar-refractivity contribution in [1.82, 2.24) is 0 Å². The molecule has 10 heteroatoms. The molecule has 2 rings (SSSR count). The lowest BCUT2D eigenvalue weighted by molar-refractivity contribution is -0.148. The van der Waals surface area contributed by atoms with Gasteiger partial charge in [-0.2, -0.15) is 0 Å². The van der Waals surface area contributed by atoms with E-state index >= 15 is 0 Å². The summed E-state index contributed by atoms with van der Waals surface area (Å²) in [6.07, 6.45) is 1.58. The number of carbonyl (C=O) groups excluding carboxylic acids is 2. The van der Waals surface area contributed by atoms with Crippen LogP contribution in [0.4, 0.5) is 5.69 Å². The van der Waals surface area contributed by atoms with Crippen LogP contribution in [0.15, 0.2) is 30.3 Å². The van der Waals surface area contributed by atoms with Crippen molar-refractivity contribution in [3.05, 3.63) is 51.0 Å². The molecule has 1 N–H and O–H groups in total. The second kappa shape index (κ2) is 11.1. The maximum atomic E-state index is 12.3. The molecule has 0 aliphatic carbocycles. The average Bonchev–Trinajstić information content (AvgIpc) is 2.74. The number of rotatable bonds is 8. The van der Waals surface area contributed by atoms with Gasteiger partial charge in [0.2, 0.25) is 5.75 Å². The molecule has 0 spiro atoms. The molecule has 1 unspecified atom stereocenters. The molecule has 31 heavy (non-hydrogen) atoms. The normalized spacial score (nSPS) is 11.7. The number of benzene rings is 2. The third kappa shape index (κ3) is 6.43. The van der Waals surface area contributed by atoms with E-state index in [0.717, 1.165) is 0 Å². The number of esters is 1. The van der Waals surface area contributed by atoms with Crippen LogP contribution in [0.2, 0.25) is 15.1 Å². The van der Waals surface area contributed by atoms with Crippen molar-refractivity contribution in [1.29, 1.82) is 0 Å². The van der Waals surface area contributed by atoms with Crippen molar-refractivity contribution in [2.45, 2.75) is 13.0 Å². The Morgan fingerprint density at radius 2 is 1.48 bits per heavy atom. The molecular weight excluding hydrogens is 469 g/mol. The lowest BCUT2D eigenvalue weighted by Crippen LogP contribution is -2.29. The summed E-state index contributed by atoms with van der Waals surface area (Å²) in [5.74, 6) is -0.0234. The molecule has 0 aliphatic rings. The molecule has 2 aromatic carbocycles. The van der Waals surface area contributed by atoms with Gasteiger partial charge in [0.15, 0.2) is 17.6 Å². The minimum absolute atomic E-state index is 0.198.